The number of rotatable bonds is 9. The number of sulfone groups is 1. The Hall–Kier alpha value is -3.12. The number of amides is 2. The number of benzene rings is 2. The highest BCUT2D eigenvalue weighted by Crippen LogP contribution is 2.37. The van der Waals surface area contributed by atoms with Gasteiger partial charge in [-0.05, 0) is 60.7 Å². The summed E-state index contributed by atoms with van der Waals surface area (Å²) >= 11 is 0. The van der Waals surface area contributed by atoms with Crippen molar-refractivity contribution in [1.82, 2.24) is 15.1 Å². The third kappa shape index (κ3) is 8.69. The molecule has 218 valence electrons. The summed E-state index contributed by atoms with van der Waals surface area (Å²) in [7, 11) is -3.33. The molecule has 12 heteroatoms. The highest BCUT2D eigenvalue weighted by Gasteiger charge is 2.35. The van der Waals surface area contributed by atoms with Gasteiger partial charge in [0.1, 0.15) is 17.3 Å². The Morgan fingerprint density at radius 2 is 1.65 bits per heavy atom. The highest BCUT2D eigenvalue weighted by atomic mass is 32.2. The number of halogens is 3. The molecule has 1 aliphatic heterocycles. The summed E-state index contributed by atoms with van der Waals surface area (Å²) in [6, 6.07) is 10.3. The number of carbonyl (C=O) groups is 2. The molecule has 1 heterocycles. The lowest BCUT2D eigenvalue weighted by molar-refractivity contribution is -0.134. The second-order valence-corrected chi connectivity index (χ2v) is 12.6. The fourth-order valence-electron chi connectivity index (χ4n) is 5.00. The molecular formula is C28H34F3N3O5S. The number of ether oxygens (including phenoxy) is 1. The Bertz CT molecular complexity index is 1300. The third-order valence-corrected chi connectivity index (χ3v) is 8.43. The van der Waals surface area contributed by atoms with Gasteiger partial charge in [0.25, 0.3) is 0 Å². The van der Waals surface area contributed by atoms with Crippen LogP contribution in [0.3, 0.4) is 0 Å². The SMILES string of the molecule is CS(=O)(=O)c1ccc(Oc2cc(F)cc(CN3CCN(C(=O)CNC(=O)CC4CCC(F)(F)CC4)CC3)c2)cc1. The Kier molecular flexibility index (Phi) is 9.40. The highest BCUT2D eigenvalue weighted by molar-refractivity contribution is 7.90. The lowest BCUT2D eigenvalue weighted by Crippen LogP contribution is -2.50. The Morgan fingerprint density at radius 3 is 2.27 bits per heavy atom. The van der Waals surface area contributed by atoms with E-state index in [0.717, 1.165) is 6.26 Å². The topological polar surface area (TPSA) is 96.0 Å². The molecule has 0 bridgehead atoms. The monoisotopic (exact) mass is 581 g/mol. The summed E-state index contributed by atoms with van der Waals surface area (Å²) in [5.41, 5.74) is 0.690. The molecule has 2 fully saturated rings. The van der Waals surface area contributed by atoms with Gasteiger partial charge in [-0.3, -0.25) is 14.5 Å². The molecule has 1 aliphatic carbocycles. The van der Waals surface area contributed by atoms with E-state index in [4.69, 9.17) is 4.74 Å². The second-order valence-electron chi connectivity index (χ2n) is 10.6. The van der Waals surface area contributed by atoms with Gasteiger partial charge < -0.3 is 15.0 Å². The van der Waals surface area contributed by atoms with Crippen molar-refractivity contribution in [2.45, 2.75) is 49.5 Å². The normalized spacial score (nSPS) is 18.4. The zero-order valence-corrected chi connectivity index (χ0v) is 23.2. The van der Waals surface area contributed by atoms with E-state index in [1.54, 1.807) is 11.0 Å². The summed E-state index contributed by atoms with van der Waals surface area (Å²) in [6.45, 7) is 2.36. The van der Waals surface area contributed by atoms with E-state index in [-0.39, 0.29) is 54.2 Å². The number of hydrogen-bond acceptors (Lipinski definition) is 6. The molecule has 0 unspecified atom stereocenters. The molecule has 0 atom stereocenters. The third-order valence-electron chi connectivity index (χ3n) is 7.30. The average Bonchev–Trinajstić information content (AvgIpc) is 2.88. The van der Waals surface area contributed by atoms with E-state index in [0.29, 0.717) is 56.9 Å². The lowest BCUT2D eigenvalue weighted by Gasteiger charge is -2.35. The van der Waals surface area contributed by atoms with Gasteiger partial charge in [-0.25, -0.2) is 21.6 Å². The van der Waals surface area contributed by atoms with Gasteiger partial charge in [0.05, 0.1) is 11.4 Å². The largest absolute Gasteiger partial charge is 0.457 e. The van der Waals surface area contributed by atoms with Crippen molar-refractivity contribution < 1.29 is 35.9 Å². The average molecular weight is 582 g/mol. The van der Waals surface area contributed by atoms with Crippen LogP contribution in [0.25, 0.3) is 0 Å². The Morgan fingerprint density at radius 1 is 1.00 bits per heavy atom. The molecular weight excluding hydrogens is 547 g/mol. The predicted octanol–water partition coefficient (Wildman–Crippen LogP) is 4.00. The molecule has 4 rings (SSSR count). The van der Waals surface area contributed by atoms with Crippen LogP contribution < -0.4 is 10.1 Å². The molecule has 0 radical (unpaired) electrons. The molecule has 0 spiro atoms. The van der Waals surface area contributed by atoms with Crippen LogP contribution in [-0.4, -0.2) is 74.9 Å². The first-order valence-corrected chi connectivity index (χ1v) is 15.2. The zero-order chi connectivity index (χ0) is 28.9. The van der Waals surface area contributed by atoms with Gasteiger partial charge in [-0.1, -0.05) is 0 Å². The quantitative estimate of drug-likeness (QED) is 0.481. The minimum Gasteiger partial charge on any atom is -0.457 e. The maximum Gasteiger partial charge on any atom is 0.248 e. The summed E-state index contributed by atoms with van der Waals surface area (Å²) in [6.07, 6.45) is 1.51. The van der Waals surface area contributed by atoms with Crippen LogP contribution >= 0.6 is 0 Å². The van der Waals surface area contributed by atoms with Crippen molar-refractivity contribution in [2.24, 2.45) is 5.92 Å². The fourth-order valence-corrected chi connectivity index (χ4v) is 5.63. The summed E-state index contributed by atoms with van der Waals surface area (Å²) in [5, 5.41) is 2.62. The molecule has 1 saturated heterocycles. The first kappa shape index (κ1) is 29.9. The van der Waals surface area contributed by atoms with E-state index >= 15 is 0 Å². The smallest absolute Gasteiger partial charge is 0.248 e. The van der Waals surface area contributed by atoms with Crippen molar-refractivity contribution in [3.05, 3.63) is 53.8 Å². The van der Waals surface area contributed by atoms with Crippen molar-refractivity contribution in [2.75, 3.05) is 39.0 Å². The van der Waals surface area contributed by atoms with E-state index in [1.165, 1.54) is 36.4 Å². The molecule has 2 aromatic rings. The Balaban J connectivity index is 1.21. The van der Waals surface area contributed by atoms with Crippen molar-refractivity contribution in [1.29, 1.82) is 0 Å². The Labute approximate surface area is 232 Å². The van der Waals surface area contributed by atoms with E-state index in [1.807, 2.05) is 0 Å². The van der Waals surface area contributed by atoms with Gasteiger partial charge >= 0.3 is 0 Å². The van der Waals surface area contributed by atoms with Gasteiger partial charge in [-0.2, -0.15) is 0 Å². The second kappa shape index (κ2) is 12.6. The van der Waals surface area contributed by atoms with Crippen LogP contribution in [0.15, 0.2) is 47.4 Å². The summed E-state index contributed by atoms with van der Waals surface area (Å²) in [5.74, 6) is -3.01. The first-order chi connectivity index (χ1) is 18.9. The fraction of sp³-hybridized carbons (Fsp3) is 0.500. The molecule has 2 amide bonds. The van der Waals surface area contributed by atoms with E-state index in [9.17, 15) is 31.2 Å². The van der Waals surface area contributed by atoms with Crippen LogP contribution in [0.1, 0.15) is 37.7 Å². The van der Waals surface area contributed by atoms with Crippen LogP contribution in [0, 0.1) is 11.7 Å². The number of carbonyl (C=O) groups excluding carboxylic acids is 2. The first-order valence-electron chi connectivity index (χ1n) is 13.3. The molecule has 1 N–H and O–H groups in total. The van der Waals surface area contributed by atoms with Crippen molar-refractivity contribution >= 4 is 21.7 Å². The molecule has 0 aromatic heterocycles. The molecule has 2 aromatic carbocycles. The maximum absolute atomic E-state index is 14.3. The number of hydrogen-bond donors (Lipinski definition) is 1. The minimum absolute atomic E-state index is 0.0764. The van der Waals surface area contributed by atoms with Gasteiger partial charge in [0.2, 0.25) is 17.7 Å². The van der Waals surface area contributed by atoms with Crippen LogP contribution in [0.4, 0.5) is 13.2 Å². The number of nitrogens with zero attached hydrogens (tertiary/aromatic N) is 2. The number of nitrogens with one attached hydrogen (secondary N) is 1. The van der Waals surface area contributed by atoms with Crippen LogP contribution in [0.2, 0.25) is 0 Å². The van der Waals surface area contributed by atoms with Crippen LogP contribution in [0.5, 0.6) is 11.5 Å². The van der Waals surface area contributed by atoms with Crippen LogP contribution in [-0.2, 0) is 26.0 Å². The maximum atomic E-state index is 14.3. The molecule has 1 saturated carbocycles. The molecule has 40 heavy (non-hydrogen) atoms. The number of alkyl halides is 2. The van der Waals surface area contributed by atoms with E-state index < -0.39 is 21.6 Å². The lowest BCUT2D eigenvalue weighted by atomic mass is 9.84. The minimum atomic E-state index is -3.33. The molecule has 2 aliphatic rings. The van der Waals surface area contributed by atoms with Crippen molar-refractivity contribution in [3.63, 3.8) is 0 Å². The summed E-state index contributed by atoms with van der Waals surface area (Å²) in [4.78, 5) is 28.7. The molecule has 8 nitrogen and oxygen atoms in total. The summed E-state index contributed by atoms with van der Waals surface area (Å²) < 4.78 is 69.9. The standard InChI is InChI=1S/C28H34F3N3O5S/c1-40(37,38)25-4-2-23(3-5-25)39-24-15-21(14-22(29)17-24)19-33-10-12-34(13-11-33)27(36)18-32-26(35)16-20-6-8-28(30,31)9-7-20/h2-5,14-15,17,20H,6-13,16,18-19H2,1H3,(H,32,35). The van der Waals surface area contributed by atoms with Gasteiger partial charge in [0.15, 0.2) is 9.84 Å². The van der Waals surface area contributed by atoms with Gasteiger partial charge in [0, 0.05) is 64.3 Å². The zero-order valence-electron chi connectivity index (χ0n) is 22.4. The number of piperazine rings is 1. The van der Waals surface area contributed by atoms with Crippen molar-refractivity contribution in [3.8, 4) is 11.5 Å². The predicted molar refractivity (Wildman–Crippen MR) is 142 cm³/mol. The van der Waals surface area contributed by atoms with Gasteiger partial charge in [-0.15, -0.1) is 0 Å². The van der Waals surface area contributed by atoms with E-state index in [2.05, 4.69) is 10.2 Å².